The average Bonchev–Trinajstić information content (AvgIpc) is 3.14. The first kappa shape index (κ1) is 24.5. The van der Waals surface area contributed by atoms with Crippen molar-refractivity contribution in [3.63, 3.8) is 0 Å². The molecule has 2 saturated heterocycles. The molecule has 178 valence electrons. The van der Waals surface area contributed by atoms with E-state index >= 15 is 0 Å². The van der Waals surface area contributed by atoms with Crippen molar-refractivity contribution < 1.29 is 18.7 Å². The molecule has 0 aliphatic carbocycles. The third-order valence-corrected chi connectivity index (χ3v) is 7.10. The van der Waals surface area contributed by atoms with E-state index in [-0.39, 0.29) is 35.9 Å². The second kappa shape index (κ2) is 11.1. The van der Waals surface area contributed by atoms with E-state index in [1.165, 1.54) is 12.1 Å². The SMILES string of the molecule is CCOC(=O)N1C(C)CCC1CC(CC)N1CCC(N(C(C)=O)c2ccc(F)cc2)CC1. The molecule has 6 nitrogen and oxygen atoms in total. The molecule has 2 aliphatic heterocycles. The van der Waals surface area contributed by atoms with E-state index in [1.54, 1.807) is 19.1 Å². The molecule has 2 aliphatic rings. The Morgan fingerprint density at radius 2 is 1.78 bits per heavy atom. The van der Waals surface area contributed by atoms with Crippen LogP contribution in [0, 0.1) is 5.82 Å². The number of hydrogen-bond acceptors (Lipinski definition) is 4. The maximum atomic E-state index is 13.3. The molecule has 2 fully saturated rings. The highest BCUT2D eigenvalue weighted by molar-refractivity contribution is 5.92. The van der Waals surface area contributed by atoms with Crippen molar-refractivity contribution in [2.75, 3.05) is 24.6 Å². The number of rotatable bonds is 7. The van der Waals surface area contributed by atoms with Gasteiger partial charge in [0.25, 0.3) is 0 Å². The number of nitrogens with zero attached hydrogens (tertiary/aromatic N) is 3. The second-order valence-corrected chi connectivity index (χ2v) is 9.12. The molecule has 1 aromatic carbocycles. The minimum Gasteiger partial charge on any atom is -0.450 e. The smallest absolute Gasteiger partial charge is 0.410 e. The quantitative estimate of drug-likeness (QED) is 0.601. The van der Waals surface area contributed by atoms with E-state index in [1.807, 2.05) is 16.7 Å². The normalized spacial score (nSPS) is 23.2. The predicted molar refractivity (Wildman–Crippen MR) is 124 cm³/mol. The highest BCUT2D eigenvalue weighted by atomic mass is 19.1. The van der Waals surface area contributed by atoms with E-state index in [4.69, 9.17) is 4.74 Å². The third-order valence-electron chi connectivity index (χ3n) is 7.10. The Hall–Kier alpha value is -2.15. The van der Waals surface area contributed by atoms with E-state index in [0.717, 1.165) is 57.3 Å². The summed E-state index contributed by atoms with van der Waals surface area (Å²) in [7, 11) is 0. The number of halogens is 1. The number of anilines is 1. The lowest BCUT2D eigenvalue weighted by atomic mass is 9.96. The van der Waals surface area contributed by atoms with Gasteiger partial charge in [-0.05, 0) is 76.6 Å². The molecule has 2 heterocycles. The first-order chi connectivity index (χ1) is 15.3. The first-order valence-electron chi connectivity index (χ1n) is 12.1. The molecule has 0 saturated carbocycles. The van der Waals surface area contributed by atoms with Crippen LogP contribution >= 0.6 is 0 Å². The molecule has 3 atom stereocenters. The van der Waals surface area contributed by atoms with Gasteiger partial charge in [0.15, 0.2) is 0 Å². The Morgan fingerprint density at radius 1 is 1.12 bits per heavy atom. The molecular weight excluding hydrogens is 409 g/mol. The number of benzene rings is 1. The van der Waals surface area contributed by atoms with Crippen molar-refractivity contribution in [1.29, 1.82) is 0 Å². The molecular formula is C25H38FN3O3. The Kier molecular flexibility index (Phi) is 8.51. The van der Waals surface area contributed by atoms with Crippen molar-refractivity contribution in [2.45, 2.75) is 90.4 Å². The van der Waals surface area contributed by atoms with Gasteiger partial charge in [-0.25, -0.2) is 9.18 Å². The van der Waals surface area contributed by atoms with E-state index in [9.17, 15) is 14.0 Å². The van der Waals surface area contributed by atoms with Crippen LogP contribution < -0.4 is 4.90 Å². The molecule has 32 heavy (non-hydrogen) atoms. The number of likely N-dealkylation sites (tertiary alicyclic amines) is 2. The van der Waals surface area contributed by atoms with Crippen molar-refractivity contribution in [3.8, 4) is 0 Å². The van der Waals surface area contributed by atoms with E-state index in [2.05, 4.69) is 18.7 Å². The lowest BCUT2D eigenvalue weighted by Crippen LogP contribution is -2.51. The number of ether oxygens (including phenoxy) is 1. The van der Waals surface area contributed by atoms with Gasteiger partial charge in [0.2, 0.25) is 5.91 Å². The summed E-state index contributed by atoms with van der Waals surface area (Å²) in [5, 5.41) is 0. The predicted octanol–water partition coefficient (Wildman–Crippen LogP) is 4.82. The highest BCUT2D eigenvalue weighted by Gasteiger charge is 2.38. The van der Waals surface area contributed by atoms with Crippen LogP contribution in [0.25, 0.3) is 0 Å². The molecule has 0 bridgehead atoms. The molecule has 0 aromatic heterocycles. The van der Waals surface area contributed by atoms with Gasteiger partial charge in [0, 0.05) is 49.9 Å². The molecule has 0 N–H and O–H groups in total. The number of carbonyl (C=O) groups is 2. The van der Waals surface area contributed by atoms with E-state index in [0.29, 0.717) is 12.6 Å². The number of piperidine rings is 1. The van der Waals surface area contributed by atoms with Gasteiger partial charge in [0.1, 0.15) is 5.82 Å². The molecule has 0 spiro atoms. The molecule has 3 rings (SSSR count). The van der Waals surface area contributed by atoms with Gasteiger partial charge in [-0.1, -0.05) is 6.92 Å². The Labute approximate surface area is 191 Å². The standard InChI is InChI=1S/C25H38FN3O3/c1-5-21(17-24-10-7-18(3)28(24)25(31)32-6-2)27-15-13-23(14-16-27)29(19(4)30)22-11-8-20(26)9-12-22/h8-9,11-12,18,21,23-24H,5-7,10,13-17H2,1-4H3. The van der Waals surface area contributed by atoms with Gasteiger partial charge in [-0.2, -0.15) is 0 Å². The van der Waals surface area contributed by atoms with Crippen molar-refractivity contribution in [2.24, 2.45) is 0 Å². The Bertz CT molecular complexity index is 764. The zero-order chi connectivity index (χ0) is 23.3. The molecule has 0 radical (unpaired) electrons. The topological polar surface area (TPSA) is 53.1 Å². The zero-order valence-corrected chi connectivity index (χ0v) is 19.9. The zero-order valence-electron chi connectivity index (χ0n) is 19.9. The summed E-state index contributed by atoms with van der Waals surface area (Å²) in [6, 6.07) is 7.15. The molecule has 3 unspecified atom stereocenters. The van der Waals surface area contributed by atoms with Gasteiger partial charge >= 0.3 is 6.09 Å². The van der Waals surface area contributed by atoms with Gasteiger partial charge < -0.3 is 19.4 Å². The summed E-state index contributed by atoms with van der Waals surface area (Å²) in [6.45, 7) is 9.98. The lowest BCUT2D eigenvalue weighted by Gasteiger charge is -2.42. The summed E-state index contributed by atoms with van der Waals surface area (Å²) < 4.78 is 18.7. The van der Waals surface area contributed by atoms with Gasteiger partial charge in [-0.15, -0.1) is 0 Å². The summed E-state index contributed by atoms with van der Waals surface area (Å²) >= 11 is 0. The maximum Gasteiger partial charge on any atom is 0.410 e. The van der Waals surface area contributed by atoms with Crippen LogP contribution in [-0.4, -0.2) is 65.7 Å². The Morgan fingerprint density at radius 3 is 2.34 bits per heavy atom. The largest absolute Gasteiger partial charge is 0.450 e. The van der Waals surface area contributed by atoms with Crippen LogP contribution in [0.3, 0.4) is 0 Å². The fourth-order valence-corrected chi connectivity index (χ4v) is 5.48. The summed E-state index contributed by atoms with van der Waals surface area (Å²) in [5.41, 5.74) is 0.759. The molecule has 7 heteroatoms. The van der Waals surface area contributed by atoms with Crippen molar-refractivity contribution in [3.05, 3.63) is 30.1 Å². The molecule has 1 aromatic rings. The number of hydrogen-bond donors (Lipinski definition) is 0. The van der Waals surface area contributed by atoms with Crippen LogP contribution in [0.1, 0.15) is 66.2 Å². The van der Waals surface area contributed by atoms with Crippen LogP contribution in [0.4, 0.5) is 14.9 Å². The summed E-state index contributed by atoms with van der Waals surface area (Å²) in [5.74, 6) is -0.303. The van der Waals surface area contributed by atoms with Gasteiger partial charge in [0.05, 0.1) is 6.61 Å². The lowest BCUT2D eigenvalue weighted by molar-refractivity contribution is -0.117. The molecule has 2 amide bonds. The fraction of sp³-hybridized carbons (Fsp3) is 0.680. The first-order valence-corrected chi connectivity index (χ1v) is 12.1. The van der Waals surface area contributed by atoms with Crippen LogP contribution in [-0.2, 0) is 9.53 Å². The maximum absolute atomic E-state index is 13.3. The van der Waals surface area contributed by atoms with E-state index < -0.39 is 0 Å². The van der Waals surface area contributed by atoms with Crippen LogP contribution in [0.2, 0.25) is 0 Å². The van der Waals surface area contributed by atoms with Crippen molar-refractivity contribution in [1.82, 2.24) is 9.80 Å². The third kappa shape index (κ3) is 5.61. The Balaban J connectivity index is 1.61. The minimum atomic E-state index is -0.295. The van der Waals surface area contributed by atoms with Gasteiger partial charge in [-0.3, -0.25) is 4.79 Å². The highest BCUT2D eigenvalue weighted by Crippen LogP contribution is 2.31. The number of carbonyl (C=O) groups excluding carboxylic acids is 2. The number of amides is 2. The van der Waals surface area contributed by atoms with Crippen molar-refractivity contribution >= 4 is 17.7 Å². The summed E-state index contributed by atoms with van der Waals surface area (Å²) in [4.78, 5) is 31.1. The summed E-state index contributed by atoms with van der Waals surface area (Å²) in [6.07, 6.45) is 5.61. The second-order valence-electron chi connectivity index (χ2n) is 9.12. The van der Waals surface area contributed by atoms with Crippen LogP contribution in [0.5, 0.6) is 0 Å². The monoisotopic (exact) mass is 447 g/mol. The van der Waals surface area contributed by atoms with Crippen LogP contribution in [0.15, 0.2) is 24.3 Å². The average molecular weight is 448 g/mol. The fourth-order valence-electron chi connectivity index (χ4n) is 5.48. The minimum absolute atomic E-state index is 0.00730.